The lowest BCUT2D eigenvalue weighted by molar-refractivity contribution is 0.161. The summed E-state index contributed by atoms with van der Waals surface area (Å²) in [6, 6.07) is 6.41. The maximum atomic E-state index is 5.96. The Hall–Kier alpha value is -0.0900. The van der Waals surface area contributed by atoms with Crippen molar-refractivity contribution < 1.29 is 4.74 Å². The van der Waals surface area contributed by atoms with Crippen molar-refractivity contribution in [2.24, 2.45) is 0 Å². The minimum absolute atomic E-state index is 0.416. The fourth-order valence-electron chi connectivity index (χ4n) is 1.71. The third-order valence-electron chi connectivity index (χ3n) is 2.58. The molecular formula is C13H19BrClNO. The predicted molar refractivity (Wildman–Crippen MR) is 76.6 cm³/mol. The smallest absolute Gasteiger partial charge is 0.0615 e. The summed E-state index contributed by atoms with van der Waals surface area (Å²) in [6.07, 6.45) is 2.29. The van der Waals surface area contributed by atoms with Gasteiger partial charge in [-0.25, -0.2) is 0 Å². The van der Waals surface area contributed by atoms with Crippen molar-refractivity contribution in [3.05, 3.63) is 33.3 Å². The van der Waals surface area contributed by atoms with Gasteiger partial charge in [-0.1, -0.05) is 31.0 Å². The number of benzene rings is 1. The van der Waals surface area contributed by atoms with Gasteiger partial charge in [0.1, 0.15) is 0 Å². The Morgan fingerprint density at radius 2 is 2.24 bits per heavy atom. The minimum Gasteiger partial charge on any atom is -0.383 e. The minimum atomic E-state index is 0.416. The van der Waals surface area contributed by atoms with Gasteiger partial charge >= 0.3 is 0 Å². The average molecular weight is 321 g/mol. The third-order valence-corrected chi connectivity index (χ3v) is 3.80. The van der Waals surface area contributed by atoms with Crippen molar-refractivity contribution in [2.75, 3.05) is 13.7 Å². The van der Waals surface area contributed by atoms with Gasteiger partial charge in [-0.05, 0) is 40.0 Å². The summed E-state index contributed by atoms with van der Waals surface area (Å²) in [7, 11) is 1.74. The Kier molecular flexibility index (Phi) is 7.12. The highest BCUT2D eigenvalue weighted by atomic mass is 79.9. The summed E-state index contributed by atoms with van der Waals surface area (Å²) in [5, 5.41) is 4.24. The molecule has 0 fully saturated rings. The number of methoxy groups -OCH3 is 1. The highest BCUT2D eigenvalue weighted by Gasteiger charge is 2.07. The van der Waals surface area contributed by atoms with Gasteiger partial charge in [-0.2, -0.15) is 0 Å². The van der Waals surface area contributed by atoms with E-state index in [9.17, 15) is 0 Å². The van der Waals surface area contributed by atoms with Crippen LogP contribution in [0.4, 0.5) is 0 Å². The van der Waals surface area contributed by atoms with E-state index in [1.165, 1.54) is 5.56 Å². The number of hydrogen-bond donors (Lipinski definition) is 1. The lowest BCUT2D eigenvalue weighted by atomic mass is 10.1. The molecule has 96 valence electrons. The van der Waals surface area contributed by atoms with Crippen LogP contribution >= 0.6 is 27.5 Å². The Bertz CT molecular complexity index is 340. The van der Waals surface area contributed by atoms with Crippen molar-refractivity contribution in [1.82, 2.24) is 5.32 Å². The molecule has 0 radical (unpaired) electrons. The first-order valence-electron chi connectivity index (χ1n) is 5.83. The molecule has 1 N–H and O–H groups in total. The lowest BCUT2D eigenvalue weighted by Crippen LogP contribution is -2.32. The van der Waals surface area contributed by atoms with Gasteiger partial charge in [-0.3, -0.25) is 0 Å². The molecule has 1 aromatic rings. The maximum absolute atomic E-state index is 5.96. The summed E-state index contributed by atoms with van der Waals surface area (Å²) < 4.78 is 6.14. The second-order valence-electron chi connectivity index (χ2n) is 4.07. The van der Waals surface area contributed by atoms with E-state index in [1.807, 2.05) is 18.2 Å². The molecule has 0 aliphatic carbocycles. The van der Waals surface area contributed by atoms with Crippen LogP contribution in [-0.2, 0) is 11.3 Å². The molecule has 0 bridgehead atoms. The van der Waals surface area contributed by atoms with E-state index in [0.717, 1.165) is 35.5 Å². The monoisotopic (exact) mass is 319 g/mol. The van der Waals surface area contributed by atoms with E-state index >= 15 is 0 Å². The van der Waals surface area contributed by atoms with E-state index in [0.29, 0.717) is 6.04 Å². The molecule has 1 aromatic carbocycles. The maximum Gasteiger partial charge on any atom is 0.0615 e. The van der Waals surface area contributed by atoms with Gasteiger partial charge in [0.25, 0.3) is 0 Å². The Morgan fingerprint density at radius 3 is 2.82 bits per heavy atom. The zero-order chi connectivity index (χ0) is 12.7. The Balaban J connectivity index is 2.49. The second kappa shape index (κ2) is 8.09. The SMILES string of the molecule is CCCC(COC)NCc1ccc(Cl)c(Br)c1. The van der Waals surface area contributed by atoms with Crippen molar-refractivity contribution in [2.45, 2.75) is 32.4 Å². The van der Waals surface area contributed by atoms with Gasteiger partial charge < -0.3 is 10.1 Å². The summed E-state index contributed by atoms with van der Waals surface area (Å²) in [5.41, 5.74) is 1.22. The van der Waals surface area contributed by atoms with Gasteiger partial charge in [0, 0.05) is 24.2 Å². The molecule has 0 amide bonds. The van der Waals surface area contributed by atoms with Crippen molar-refractivity contribution in [3.63, 3.8) is 0 Å². The molecule has 2 nitrogen and oxygen atoms in total. The van der Waals surface area contributed by atoms with E-state index in [4.69, 9.17) is 16.3 Å². The van der Waals surface area contributed by atoms with Gasteiger partial charge in [0.2, 0.25) is 0 Å². The second-order valence-corrected chi connectivity index (χ2v) is 5.33. The van der Waals surface area contributed by atoms with Crippen molar-refractivity contribution in [3.8, 4) is 0 Å². The zero-order valence-electron chi connectivity index (χ0n) is 10.3. The van der Waals surface area contributed by atoms with Crippen LogP contribution in [0.25, 0.3) is 0 Å². The molecule has 0 heterocycles. The molecule has 0 aliphatic heterocycles. The molecule has 0 saturated carbocycles. The van der Waals surface area contributed by atoms with Gasteiger partial charge in [0.15, 0.2) is 0 Å². The molecule has 17 heavy (non-hydrogen) atoms. The number of hydrogen-bond acceptors (Lipinski definition) is 2. The highest BCUT2D eigenvalue weighted by molar-refractivity contribution is 9.10. The molecule has 1 unspecified atom stereocenters. The third kappa shape index (κ3) is 5.38. The summed E-state index contributed by atoms with van der Waals surface area (Å²) >= 11 is 9.39. The molecule has 0 spiro atoms. The van der Waals surface area contributed by atoms with Crippen molar-refractivity contribution >= 4 is 27.5 Å². The standard InChI is InChI=1S/C13H19BrClNO/c1-3-4-11(9-17-2)16-8-10-5-6-13(15)12(14)7-10/h5-7,11,16H,3-4,8-9H2,1-2H3. The van der Waals surface area contributed by atoms with Gasteiger partial charge in [-0.15, -0.1) is 0 Å². The van der Waals surface area contributed by atoms with E-state index < -0.39 is 0 Å². The largest absolute Gasteiger partial charge is 0.383 e. The first kappa shape index (κ1) is 15.0. The number of nitrogens with one attached hydrogen (secondary N) is 1. The zero-order valence-corrected chi connectivity index (χ0v) is 12.6. The normalized spacial score (nSPS) is 12.7. The summed E-state index contributed by atoms with van der Waals surface area (Å²) in [6.45, 7) is 3.77. The van der Waals surface area contributed by atoms with Crippen LogP contribution in [0, 0.1) is 0 Å². The summed E-state index contributed by atoms with van der Waals surface area (Å²) in [5.74, 6) is 0. The van der Waals surface area contributed by atoms with Crippen LogP contribution in [0.15, 0.2) is 22.7 Å². The van der Waals surface area contributed by atoms with Crippen LogP contribution in [0.1, 0.15) is 25.3 Å². The fourth-order valence-corrected chi connectivity index (χ4v) is 2.25. The summed E-state index contributed by atoms with van der Waals surface area (Å²) in [4.78, 5) is 0. The molecule has 0 saturated heterocycles. The van der Waals surface area contributed by atoms with Crippen LogP contribution in [0.3, 0.4) is 0 Å². The molecule has 0 aromatic heterocycles. The fraction of sp³-hybridized carbons (Fsp3) is 0.538. The van der Waals surface area contributed by atoms with E-state index in [1.54, 1.807) is 7.11 Å². The Labute approximate surface area is 117 Å². The average Bonchev–Trinajstić information content (AvgIpc) is 2.31. The first-order valence-corrected chi connectivity index (χ1v) is 7.00. The molecule has 0 aliphatic rings. The predicted octanol–water partition coefficient (Wildman–Crippen LogP) is 4.01. The Morgan fingerprint density at radius 1 is 1.47 bits per heavy atom. The number of rotatable bonds is 7. The van der Waals surface area contributed by atoms with E-state index in [-0.39, 0.29) is 0 Å². The highest BCUT2D eigenvalue weighted by Crippen LogP contribution is 2.23. The van der Waals surface area contributed by atoms with Crippen LogP contribution in [0.5, 0.6) is 0 Å². The number of halogens is 2. The molecule has 1 rings (SSSR count). The van der Waals surface area contributed by atoms with E-state index in [2.05, 4.69) is 28.2 Å². The van der Waals surface area contributed by atoms with Crippen LogP contribution in [-0.4, -0.2) is 19.8 Å². The van der Waals surface area contributed by atoms with Crippen molar-refractivity contribution in [1.29, 1.82) is 0 Å². The molecule has 1 atom stereocenters. The lowest BCUT2D eigenvalue weighted by Gasteiger charge is -2.17. The quantitative estimate of drug-likeness (QED) is 0.819. The molecular weight excluding hydrogens is 302 g/mol. The van der Waals surface area contributed by atoms with Crippen LogP contribution < -0.4 is 5.32 Å². The molecule has 4 heteroatoms. The van der Waals surface area contributed by atoms with Gasteiger partial charge in [0.05, 0.1) is 11.6 Å². The topological polar surface area (TPSA) is 21.3 Å². The number of ether oxygens (including phenoxy) is 1. The first-order chi connectivity index (χ1) is 8.17. The van der Waals surface area contributed by atoms with Crippen LogP contribution in [0.2, 0.25) is 5.02 Å².